The number of nitrogens with one attached hydrogen (secondary N) is 3. The number of aromatic nitrogens is 3. The molecule has 218 valence electrons. The Labute approximate surface area is 236 Å². The number of carboxylic acid groups (broad SMARTS) is 3. The fourth-order valence-electron chi connectivity index (χ4n) is 4.06. The molecule has 15 heteroatoms. The van der Waals surface area contributed by atoms with Crippen molar-refractivity contribution in [2.45, 2.75) is 50.6 Å². The summed E-state index contributed by atoms with van der Waals surface area (Å²) in [5, 5.41) is 31.9. The van der Waals surface area contributed by atoms with Crippen LogP contribution in [0.3, 0.4) is 0 Å². The van der Waals surface area contributed by atoms with Gasteiger partial charge in [-0.2, -0.15) is 4.98 Å². The topological polar surface area (TPSA) is 247 Å². The molecule has 3 rings (SSSR count). The molecular formula is C26H30N6O9. The molecule has 2 heterocycles. The Morgan fingerprint density at radius 3 is 2.24 bits per heavy atom. The van der Waals surface area contributed by atoms with Gasteiger partial charge in [0.25, 0.3) is 11.5 Å². The quantitative estimate of drug-likeness (QED) is 0.135. The van der Waals surface area contributed by atoms with Crippen LogP contribution in [0.25, 0.3) is 11.0 Å². The SMILES string of the molecule is [2H]C([2H])([2H])n1c(N)nc(=O)c2c(CCc3ccc(C(=O)N[C@@H](CCC(=O)N[C@@H](CCC(=O)O)C(=O)O)C(=O)O)cc3)c[nH]c21. The van der Waals surface area contributed by atoms with Gasteiger partial charge in [-0.1, -0.05) is 12.1 Å². The van der Waals surface area contributed by atoms with E-state index >= 15 is 0 Å². The molecule has 1 aromatic carbocycles. The monoisotopic (exact) mass is 573 g/mol. The van der Waals surface area contributed by atoms with Crippen molar-refractivity contribution in [2.24, 2.45) is 6.98 Å². The molecule has 0 fully saturated rings. The largest absolute Gasteiger partial charge is 0.481 e. The molecule has 41 heavy (non-hydrogen) atoms. The van der Waals surface area contributed by atoms with Gasteiger partial charge in [0.15, 0.2) is 0 Å². The number of carbonyl (C=O) groups is 5. The van der Waals surface area contributed by atoms with E-state index < -0.39 is 73.1 Å². The first-order chi connectivity index (χ1) is 20.6. The average Bonchev–Trinajstić information content (AvgIpc) is 3.34. The number of hydrogen-bond acceptors (Lipinski definition) is 8. The van der Waals surface area contributed by atoms with Gasteiger partial charge in [-0.25, -0.2) is 9.59 Å². The molecule has 0 saturated heterocycles. The predicted molar refractivity (Wildman–Crippen MR) is 144 cm³/mol. The van der Waals surface area contributed by atoms with E-state index in [1.807, 2.05) is 0 Å². The molecule has 0 aliphatic carbocycles. The van der Waals surface area contributed by atoms with Gasteiger partial charge in [-0.05, 0) is 48.9 Å². The third kappa shape index (κ3) is 7.90. The van der Waals surface area contributed by atoms with Gasteiger partial charge in [0.05, 0.1) is 5.39 Å². The molecule has 0 bridgehead atoms. The highest BCUT2D eigenvalue weighted by Gasteiger charge is 2.25. The minimum Gasteiger partial charge on any atom is -0.481 e. The van der Waals surface area contributed by atoms with Crippen molar-refractivity contribution in [3.8, 4) is 0 Å². The van der Waals surface area contributed by atoms with E-state index in [-0.39, 0.29) is 29.4 Å². The molecule has 0 aliphatic heterocycles. The van der Waals surface area contributed by atoms with E-state index in [1.54, 1.807) is 12.1 Å². The maximum absolute atomic E-state index is 12.7. The number of nitrogens with zero attached hydrogens (tertiary/aromatic N) is 2. The number of nitrogens with two attached hydrogens (primary N) is 1. The second kappa shape index (κ2) is 13.2. The number of carboxylic acids is 3. The third-order valence-electron chi connectivity index (χ3n) is 6.27. The lowest BCUT2D eigenvalue weighted by molar-refractivity contribution is -0.143. The van der Waals surface area contributed by atoms with Gasteiger partial charge in [-0.3, -0.25) is 19.2 Å². The lowest BCUT2D eigenvalue weighted by atomic mass is 10.0. The summed E-state index contributed by atoms with van der Waals surface area (Å²) in [5.74, 6) is -6.10. The number of benzene rings is 1. The van der Waals surface area contributed by atoms with Gasteiger partial charge >= 0.3 is 17.9 Å². The number of nitrogen functional groups attached to an aromatic ring is 1. The number of aromatic amines is 1. The molecule has 2 aromatic heterocycles. The summed E-state index contributed by atoms with van der Waals surface area (Å²) >= 11 is 0. The van der Waals surface area contributed by atoms with Crippen LogP contribution in [0.15, 0.2) is 35.3 Å². The Bertz CT molecular complexity index is 1630. The molecule has 3 aromatic rings. The number of amides is 2. The second-order valence-corrected chi connectivity index (χ2v) is 9.14. The van der Waals surface area contributed by atoms with Crippen molar-refractivity contribution >= 4 is 46.7 Å². The first-order valence-corrected chi connectivity index (χ1v) is 12.3. The van der Waals surface area contributed by atoms with Crippen LogP contribution in [-0.2, 0) is 39.0 Å². The van der Waals surface area contributed by atoms with E-state index in [0.717, 1.165) is 10.1 Å². The van der Waals surface area contributed by atoms with Gasteiger partial charge in [-0.15, -0.1) is 0 Å². The van der Waals surface area contributed by atoms with Crippen LogP contribution in [0.4, 0.5) is 5.95 Å². The molecule has 15 nitrogen and oxygen atoms in total. The van der Waals surface area contributed by atoms with E-state index in [1.165, 1.54) is 18.3 Å². The normalized spacial score (nSPS) is 13.8. The van der Waals surface area contributed by atoms with E-state index in [9.17, 15) is 33.9 Å². The summed E-state index contributed by atoms with van der Waals surface area (Å²) in [6.45, 7) is -2.67. The Kier molecular flexibility index (Phi) is 8.40. The minimum atomic E-state index is -2.67. The molecule has 0 aliphatic rings. The first-order valence-electron chi connectivity index (χ1n) is 13.8. The maximum atomic E-state index is 12.7. The highest BCUT2D eigenvalue weighted by atomic mass is 16.4. The van der Waals surface area contributed by atoms with Gasteiger partial charge in [0.1, 0.15) is 17.7 Å². The predicted octanol–water partition coefficient (Wildman–Crippen LogP) is 0.0264. The number of aryl methyl sites for hydroxylation is 3. The van der Waals surface area contributed by atoms with Crippen LogP contribution in [0, 0.1) is 0 Å². The molecular weight excluding hydrogens is 540 g/mol. The standard InChI is InChI=1S/C26H30N6O9/c1-32-21-20(23(37)31-26(32)27)15(12-28-21)7-4-13-2-5-14(6-3-13)22(36)30-17(25(40)41)8-10-18(33)29-16(24(38)39)9-11-19(34)35/h2-3,5-6,12,16-17,28H,4,7-11H2,1H3,(H,29,33)(H,30,36)(H,34,35)(H,38,39)(H,40,41)(H2,27,31,37)/t16-,17-/m0/s1/i1D3. The van der Waals surface area contributed by atoms with E-state index in [0.29, 0.717) is 18.4 Å². The Morgan fingerprint density at radius 1 is 1.00 bits per heavy atom. The molecule has 2 atom stereocenters. The van der Waals surface area contributed by atoms with Gasteiger partial charge in [0, 0.05) is 35.7 Å². The summed E-state index contributed by atoms with van der Waals surface area (Å²) < 4.78 is 23.8. The molecule has 0 radical (unpaired) electrons. The number of anilines is 1. The van der Waals surface area contributed by atoms with Gasteiger partial charge in [0.2, 0.25) is 11.9 Å². The zero-order valence-corrected chi connectivity index (χ0v) is 21.5. The van der Waals surface area contributed by atoms with E-state index in [2.05, 4.69) is 20.6 Å². The fraction of sp³-hybridized carbons (Fsp3) is 0.346. The molecule has 0 saturated carbocycles. The van der Waals surface area contributed by atoms with Crippen LogP contribution in [0.5, 0.6) is 0 Å². The van der Waals surface area contributed by atoms with Crippen LogP contribution < -0.4 is 21.9 Å². The summed E-state index contributed by atoms with van der Waals surface area (Å²) in [6.07, 6.45) is 0.559. The Morgan fingerprint density at radius 2 is 1.63 bits per heavy atom. The lowest BCUT2D eigenvalue weighted by Crippen LogP contribution is -2.44. The zero-order chi connectivity index (χ0) is 32.8. The zero-order valence-electron chi connectivity index (χ0n) is 24.5. The number of fused-ring (bicyclic) bond motifs is 1. The first kappa shape index (κ1) is 26.0. The highest BCUT2D eigenvalue weighted by Crippen LogP contribution is 2.18. The molecule has 0 unspecified atom stereocenters. The molecule has 8 N–H and O–H groups in total. The van der Waals surface area contributed by atoms with Gasteiger partial charge < -0.3 is 41.2 Å². The van der Waals surface area contributed by atoms with Crippen LogP contribution in [-0.4, -0.2) is 71.7 Å². The fourth-order valence-corrected chi connectivity index (χ4v) is 4.06. The van der Waals surface area contributed by atoms with Crippen molar-refractivity contribution in [2.75, 3.05) is 5.73 Å². The number of carbonyl (C=O) groups excluding carboxylic acids is 2. The molecule has 2 amide bonds. The van der Waals surface area contributed by atoms with Crippen LogP contribution >= 0.6 is 0 Å². The van der Waals surface area contributed by atoms with Crippen molar-refractivity contribution in [3.63, 3.8) is 0 Å². The third-order valence-corrected chi connectivity index (χ3v) is 6.27. The van der Waals surface area contributed by atoms with Crippen LogP contribution in [0.1, 0.15) is 51.3 Å². The summed E-state index contributed by atoms with van der Waals surface area (Å²) in [4.78, 5) is 77.3. The van der Waals surface area contributed by atoms with E-state index in [4.69, 9.17) is 20.1 Å². The number of rotatable bonds is 14. The second-order valence-electron chi connectivity index (χ2n) is 9.14. The number of hydrogen-bond donors (Lipinski definition) is 7. The smallest absolute Gasteiger partial charge is 0.326 e. The van der Waals surface area contributed by atoms with Crippen molar-refractivity contribution in [1.82, 2.24) is 25.2 Å². The Balaban J connectivity index is 1.60. The average molecular weight is 574 g/mol. The van der Waals surface area contributed by atoms with Crippen molar-refractivity contribution < 1.29 is 43.4 Å². The Hall–Kier alpha value is -5.21. The highest BCUT2D eigenvalue weighted by molar-refractivity contribution is 5.96. The summed E-state index contributed by atoms with van der Waals surface area (Å²) in [5.41, 5.74) is 6.40. The molecule has 0 spiro atoms. The lowest BCUT2D eigenvalue weighted by Gasteiger charge is -2.16. The summed E-state index contributed by atoms with van der Waals surface area (Å²) in [7, 11) is 0. The van der Waals surface area contributed by atoms with Crippen molar-refractivity contribution in [3.05, 3.63) is 57.5 Å². The van der Waals surface area contributed by atoms with Crippen LogP contribution in [0.2, 0.25) is 0 Å². The number of aliphatic carboxylic acids is 3. The minimum absolute atomic E-state index is 0.0230. The van der Waals surface area contributed by atoms with Crippen molar-refractivity contribution in [1.29, 1.82) is 0 Å². The number of H-pyrrole nitrogens is 1. The summed E-state index contributed by atoms with van der Waals surface area (Å²) in [6, 6.07) is 3.21. The maximum Gasteiger partial charge on any atom is 0.326 e.